The predicted molar refractivity (Wildman–Crippen MR) is 63.6 cm³/mol. The van der Waals surface area contributed by atoms with E-state index >= 15 is 0 Å². The van der Waals surface area contributed by atoms with Gasteiger partial charge >= 0.3 is 0 Å². The molecule has 1 aliphatic carbocycles. The molecule has 0 N–H and O–H groups in total. The first kappa shape index (κ1) is 11.6. The van der Waals surface area contributed by atoms with Crippen molar-refractivity contribution in [2.45, 2.75) is 45.6 Å². The van der Waals surface area contributed by atoms with Crippen LogP contribution in [-0.2, 0) is 11.3 Å². The SMILES string of the molecule is Cc1nn(CC(=O)C2CCCCC2)cc1Cl. The lowest BCUT2D eigenvalue weighted by Gasteiger charge is -2.19. The van der Waals surface area contributed by atoms with Gasteiger partial charge in [0.15, 0.2) is 5.78 Å². The summed E-state index contributed by atoms with van der Waals surface area (Å²) < 4.78 is 1.66. The van der Waals surface area contributed by atoms with Crippen molar-refractivity contribution in [1.29, 1.82) is 0 Å². The first-order valence-electron chi connectivity index (χ1n) is 5.89. The minimum absolute atomic E-state index is 0.247. The molecule has 16 heavy (non-hydrogen) atoms. The van der Waals surface area contributed by atoms with Crippen molar-refractivity contribution in [3.05, 3.63) is 16.9 Å². The summed E-state index contributed by atoms with van der Waals surface area (Å²) in [6.07, 6.45) is 7.48. The number of nitrogens with zero attached hydrogens (tertiary/aromatic N) is 2. The number of Topliss-reactive ketones (excluding diaryl/α,β-unsaturated/α-hetero) is 1. The highest BCUT2D eigenvalue weighted by molar-refractivity contribution is 6.31. The van der Waals surface area contributed by atoms with Crippen LogP contribution < -0.4 is 0 Å². The van der Waals surface area contributed by atoms with E-state index in [0.717, 1.165) is 18.5 Å². The second-order valence-electron chi connectivity index (χ2n) is 4.56. The molecule has 1 heterocycles. The van der Waals surface area contributed by atoms with Crippen LogP contribution in [0.2, 0.25) is 5.02 Å². The summed E-state index contributed by atoms with van der Waals surface area (Å²) in [7, 11) is 0. The van der Waals surface area contributed by atoms with Gasteiger partial charge < -0.3 is 0 Å². The predicted octanol–water partition coefficient (Wildman–Crippen LogP) is 2.99. The van der Waals surface area contributed by atoms with E-state index in [-0.39, 0.29) is 5.92 Å². The zero-order valence-electron chi connectivity index (χ0n) is 9.58. The van der Waals surface area contributed by atoms with Crippen molar-refractivity contribution in [2.24, 2.45) is 5.92 Å². The van der Waals surface area contributed by atoms with Crippen molar-refractivity contribution in [2.75, 3.05) is 0 Å². The van der Waals surface area contributed by atoms with E-state index in [0.29, 0.717) is 17.4 Å². The summed E-state index contributed by atoms with van der Waals surface area (Å²) in [5.41, 5.74) is 0.790. The highest BCUT2D eigenvalue weighted by Crippen LogP contribution is 2.25. The van der Waals surface area contributed by atoms with Gasteiger partial charge in [0.25, 0.3) is 0 Å². The zero-order valence-corrected chi connectivity index (χ0v) is 10.3. The van der Waals surface area contributed by atoms with Gasteiger partial charge in [-0.15, -0.1) is 0 Å². The smallest absolute Gasteiger partial charge is 0.157 e. The third kappa shape index (κ3) is 2.64. The van der Waals surface area contributed by atoms with Gasteiger partial charge in [0.05, 0.1) is 17.3 Å². The molecule has 0 saturated heterocycles. The highest BCUT2D eigenvalue weighted by atomic mass is 35.5. The van der Waals surface area contributed by atoms with E-state index < -0.39 is 0 Å². The zero-order chi connectivity index (χ0) is 11.5. The van der Waals surface area contributed by atoms with Gasteiger partial charge in [0, 0.05) is 12.1 Å². The number of halogens is 1. The fourth-order valence-corrected chi connectivity index (χ4v) is 2.44. The van der Waals surface area contributed by atoms with Crippen molar-refractivity contribution >= 4 is 17.4 Å². The number of aryl methyl sites for hydroxylation is 1. The highest BCUT2D eigenvalue weighted by Gasteiger charge is 2.21. The Morgan fingerprint density at radius 2 is 2.19 bits per heavy atom. The van der Waals surface area contributed by atoms with E-state index in [4.69, 9.17) is 11.6 Å². The standard InChI is InChI=1S/C12H17ClN2O/c1-9-11(13)7-15(14-9)8-12(16)10-5-3-2-4-6-10/h7,10H,2-6,8H2,1H3. The Morgan fingerprint density at radius 1 is 1.50 bits per heavy atom. The minimum Gasteiger partial charge on any atom is -0.297 e. The average molecular weight is 241 g/mol. The second-order valence-corrected chi connectivity index (χ2v) is 4.97. The second kappa shape index (κ2) is 5.00. The van der Waals surface area contributed by atoms with Crippen LogP contribution in [0.1, 0.15) is 37.8 Å². The van der Waals surface area contributed by atoms with Gasteiger partial charge in [-0.05, 0) is 19.8 Å². The Bertz CT molecular complexity index is 361. The molecular formula is C12H17ClN2O. The molecule has 2 rings (SSSR count). The van der Waals surface area contributed by atoms with Crippen LogP contribution in [0.25, 0.3) is 0 Å². The number of carbonyl (C=O) groups excluding carboxylic acids is 1. The summed E-state index contributed by atoms with van der Waals surface area (Å²) in [5, 5.41) is 4.84. The molecule has 1 fully saturated rings. The van der Waals surface area contributed by atoms with E-state index in [2.05, 4.69) is 5.10 Å². The Balaban J connectivity index is 1.95. The van der Waals surface area contributed by atoms with Crippen molar-refractivity contribution < 1.29 is 4.79 Å². The molecule has 0 radical (unpaired) electrons. The summed E-state index contributed by atoms with van der Waals surface area (Å²) >= 11 is 5.90. The number of hydrogen-bond acceptors (Lipinski definition) is 2. The third-order valence-electron chi connectivity index (χ3n) is 3.26. The van der Waals surface area contributed by atoms with Crippen LogP contribution in [0.3, 0.4) is 0 Å². The number of aromatic nitrogens is 2. The van der Waals surface area contributed by atoms with Crippen LogP contribution in [0.4, 0.5) is 0 Å². The van der Waals surface area contributed by atoms with Crippen LogP contribution in [0.15, 0.2) is 6.20 Å². The summed E-state index contributed by atoms with van der Waals surface area (Å²) in [6, 6.07) is 0. The first-order chi connectivity index (χ1) is 7.66. The Labute approximate surface area is 101 Å². The normalized spacial score (nSPS) is 17.6. The van der Waals surface area contributed by atoms with Gasteiger partial charge in [-0.25, -0.2) is 0 Å². The van der Waals surface area contributed by atoms with Crippen molar-refractivity contribution in [1.82, 2.24) is 9.78 Å². The molecule has 0 bridgehead atoms. The van der Waals surface area contributed by atoms with Crippen LogP contribution in [0.5, 0.6) is 0 Å². The molecule has 1 saturated carbocycles. The molecule has 0 atom stereocenters. The molecule has 0 aliphatic heterocycles. The Morgan fingerprint density at radius 3 is 2.75 bits per heavy atom. The molecule has 1 aromatic rings. The molecule has 88 valence electrons. The summed E-state index contributed by atoms with van der Waals surface area (Å²) in [5.74, 6) is 0.552. The number of hydrogen-bond donors (Lipinski definition) is 0. The number of rotatable bonds is 3. The topological polar surface area (TPSA) is 34.9 Å². The molecule has 3 nitrogen and oxygen atoms in total. The van der Waals surface area contributed by atoms with E-state index in [1.807, 2.05) is 6.92 Å². The Kier molecular flexibility index (Phi) is 3.64. The van der Waals surface area contributed by atoms with E-state index in [9.17, 15) is 4.79 Å². The first-order valence-corrected chi connectivity index (χ1v) is 6.27. The summed E-state index contributed by atoms with van der Waals surface area (Å²) in [4.78, 5) is 12.0. The maximum Gasteiger partial charge on any atom is 0.157 e. The lowest BCUT2D eigenvalue weighted by atomic mass is 9.86. The molecule has 1 aliphatic rings. The molecule has 0 spiro atoms. The van der Waals surface area contributed by atoms with Gasteiger partial charge in [-0.3, -0.25) is 9.48 Å². The fraction of sp³-hybridized carbons (Fsp3) is 0.667. The van der Waals surface area contributed by atoms with Gasteiger partial charge in [-0.2, -0.15) is 5.10 Å². The molecule has 0 aromatic carbocycles. The maximum atomic E-state index is 12.0. The lowest BCUT2D eigenvalue weighted by molar-refractivity contribution is -0.124. The van der Waals surface area contributed by atoms with Gasteiger partial charge in [0.1, 0.15) is 0 Å². The van der Waals surface area contributed by atoms with Gasteiger partial charge in [0.2, 0.25) is 0 Å². The molecule has 0 amide bonds. The summed E-state index contributed by atoms with van der Waals surface area (Å²) in [6.45, 7) is 2.22. The quantitative estimate of drug-likeness (QED) is 0.814. The fourth-order valence-electron chi connectivity index (χ4n) is 2.29. The van der Waals surface area contributed by atoms with Crippen molar-refractivity contribution in [3.63, 3.8) is 0 Å². The van der Waals surface area contributed by atoms with Crippen LogP contribution >= 0.6 is 11.6 Å². The third-order valence-corrected chi connectivity index (χ3v) is 3.64. The molecular weight excluding hydrogens is 224 g/mol. The monoisotopic (exact) mass is 240 g/mol. The van der Waals surface area contributed by atoms with Crippen molar-refractivity contribution in [3.8, 4) is 0 Å². The minimum atomic E-state index is 0.247. The molecule has 1 aromatic heterocycles. The number of ketones is 1. The maximum absolute atomic E-state index is 12.0. The number of carbonyl (C=O) groups is 1. The van der Waals surface area contributed by atoms with Crippen LogP contribution in [0, 0.1) is 12.8 Å². The van der Waals surface area contributed by atoms with E-state index in [1.165, 1.54) is 19.3 Å². The van der Waals surface area contributed by atoms with Gasteiger partial charge in [-0.1, -0.05) is 30.9 Å². The molecule has 0 unspecified atom stereocenters. The largest absolute Gasteiger partial charge is 0.297 e. The Hall–Kier alpha value is -0.830. The average Bonchev–Trinajstić information content (AvgIpc) is 2.59. The van der Waals surface area contributed by atoms with E-state index in [1.54, 1.807) is 10.9 Å². The molecule has 4 heteroatoms. The lowest BCUT2D eigenvalue weighted by Crippen LogP contribution is -2.22. The van der Waals surface area contributed by atoms with Crippen LogP contribution in [-0.4, -0.2) is 15.6 Å².